The first kappa shape index (κ1) is 20.6. The second kappa shape index (κ2) is 8.43. The molecule has 7 heteroatoms. The van der Waals surface area contributed by atoms with Crippen molar-refractivity contribution in [3.05, 3.63) is 101 Å². The molecular formula is C27H22N4O2S. The smallest absolute Gasteiger partial charge is 0.226 e. The van der Waals surface area contributed by atoms with E-state index in [4.69, 9.17) is 9.72 Å². The second-order valence-corrected chi connectivity index (χ2v) is 9.39. The molecular weight excluding hydrogens is 444 g/mol. The van der Waals surface area contributed by atoms with Gasteiger partial charge in [0.15, 0.2) is 0 Å². The van der Waals surface area contributed by atoms with Crippen molar-refractivity contribution in [3.8, 4) is 10.9 Å². The number of carbonyl (C=O) groups excluding carboxylic acids is 1. The third kappa shape index (κ3) is 3.64. The first-order valence-electron chi connectivity index (χ1n) is 11.2. The van der Waals surface area contributed by atoms with Gasteiger partial charge < -0.3 is 10.1 Å². The van der Waals surface area contributed by atoms with Crippen LogP contribution >= 0.6 is 11.3 Å². The maximum absolute atomic E-state index is 12.8. The Morgan fingerprint density at radius 2 is 1.82 bits per heavy atom. The van der Waals surface area contributed by atoms with Crippen LogP contribution in [-0.2, 0) is 11.4 Å². The number of aromatic nitrogens is 3. The SMILES string of the molecule is Cc1ccccc1COc1ccccc1C1CC(=O)Nc2c1cnn2-c1nc2ccccc2s1. The molecule has 1 atom stereocenters. The number of hydrogen-bond acceptors (Lipinski definition) is 5. The fourth-order valence-corrected chi connectivity index (χ4v) is 5.35. The molecule has 0 aliphatic carbocycles. The molecule has 0 spiro atoms. The summed E-state index contributed by atoms with van der Waals surface area (Å²) in [7, 11) is 0. The fourth-order valence-electron chi connectivity index (χ4n) is 4.42. The Kier molecular flexibility index (Phi) is 5.11. The van der Waals surface area contributed by atoms with Gasteiger partial charge in [0.1, 0.15) is 18.2 Å². The number of carbonyl (C=O) groups is 1. The van der Waals surface area contributed by atoms with Crippen molar-refractivity contribution in [1.29, 1.82) is 0 Å². The van der Waals surface area contributed by atoms with Gasteiger partial charge in [-0.15, -0.1) is 0 Å². The lowest BCUT2D eigenvalue weighted by atomic mass is 9.87. The van der Waals surface area contributed by atoms with Crippen molar-refractivity contribution in [2.24, 2.45) is 0 Å². The molecule has 1 aliphatic rings. The van der Waals surface area contributed by atoms with Crippen LogP contribution in [0, 0.1) is 6.92 Å². The van der Waals surface area contributed by atoms with E-state index in [0.29, 0.717) is 18.8 Å². The average Bonchev–Trinajstić information content (AvgIpc) is 3.47. The Hall–Kier alpha value is -3.97. The van der Waals surface area contributed by atoms with Gasteiger partial charge in [-0.05, 0) is 36.2 Å². The third-order valence-corrected chi connectivity index (χ3v) is 7.23. The summed E-state index contributed by atoms with van der Waals surface area (Å²) in [6.45, 7) is 2.55. The number of anilines is 1. The molecule has 6 rings (SSSR count). The van der Waals surface area contributed by atoms with Gasteiger partial charge in [0.25, 0.3) is 0 Å². The Morgan fingerprint density at radius 3 is 2.71 bits per heavy atom. The summed E-state index contributed by atoms with van der Waals surface area (Å²) >= 11 is 1.55. The molecule has 0 fully saturated rings. The third-order valence-electron chi connectivity index (χ3n) is 6.22. The maximum atomic E-state index is 12.8. The number of aryl methyl sites for hydroxylation is 1. The number of nitrogens with one attached hydrogen (secondary N) is 1. The van der Waals surface area contributed by atoms with Crippen LogP contribution in [-0.4, -0.2) is 20.7 Å². The van der Waals surface area contributed by atoms with Gasteiger partial charge in [-0.25, -0.2) is 4.98 Å². The normalized spacial score (nSPS) is 15.2. The van der Waals surface area contributed by atoms with Crippen molar-refractivity contribution < 1.29 is 9.53 Å². The highest BCUT2D eigenvalue weighted by atomic mass is 32.1. The molecule has 1 amide bonds. The number of nitrogens with zero attached hydrogens (tertiary/aromatic N) is 3. The lowest BCUT2D eigenvalue weighted by molar-refractivity contribution is -0.116. The molecule has 0 saturated heterocycles. The van der Waals surface area contributed by atoms with E-state index in [2.05, 4.69) is 29.5 Å². The molecule has 3 aromatic carbocycles. The van der Waals surface area contributed by atoms with Gasteiger partial charge in [-0.1, -0.05) is 65.9 Å². The predicted molar refractivity (Wildman–Crippen MR) is 134 cm³/mol. The van der Waals surface area contributed by atoms with Gasteiger partial charge in [0, 0.05) is 23.5 Å². The number of benzene rings is 3. The monoisotopic (exact) mass is 466 g/mol. The van der Waals surface area contributed by atoms with E-state index < -0.39 is 0 Å². The summed E-state index contributed by atoms with van der Waals surface area (Å²) in [5.74, 6) is 1.26. The van der Waals surface area contributed by atoms with E-state index in [1.165, 1.54) is 5.56 Å². The van der Waals surface area contributed by atoms with Gasteiger partial charge in [0.05, 0.1) is 16.4 Å². The molecule has 1 N–H and O–H groups in total. The zero-order valence-corrected chi connectivity index (χ0v) is 19.4. The fraction of sp³-hybridized carbons (Fsp3) is 0.148. The molecule has 168 valence electrons. The van der Waals surface area contributed by atoms with Crippen LogP contribution in [0.15, 0.2) is 79.0 Å². The minimum absolute atomic E-state index is 0.0472. The number of hydrogen-bond donors (Lipinski definition) is 1. The molecule has 2 aromatic heterocycles. The maximum Gasteiger partial charge on any atom is 0.226 e. The first-order chi connectivity index (χ1) is 16.7. The minimum Gasteiger partial charge on any atom is -0.489 e. The van der Waals surface area contributed by atoms with Crippen molar-refractivity contribution in [2.45, 2.75) is 25.9 Å². The molecule has 1 aliphatic heterocycles. The lowest BCUT2D eigenvalue weighted by Gasteiger charge is -2.25. The molecule has 3 heterocycles. The highest BCUT2D eigenvalue weighted by Crippen LogP contribution is 2.42. The van der Waals surface area contributed by atoms with Crippen LogP contribution < -0.4 is 10.1 Å². The summed E-state index contributed by atoms with van der Waals surface area (Å²) in [5, 5.41) is 8.37. The minimum atomic E-state index is -0.153. The average molecular weight is 467 g/mol. The number of thiazole rings is 1. The Bertz CT molecular complexity index is 1490. The summed E-state index contributed by atoms with van der Waals surface area (Å²) in [5.41, 5.74) is 5.20. The van der Waals surface area contributed by atoms with Crippen LogP contribution in [0.5, 0.6) is 5.75 Å². The van der Waals surface area contributed by atoms with Crippen molar-refractivity contribution >= 4 is 33.3 Å². The van der Waals surface area contributed by atoms with E-state index in [9.17, 15) is 4.79 Å². The van der Waals surface area contributed by atoms with Gasteiger partial charge >= 0.3 is 0 Å². The van der Waals surface area contributed by atoms with Crippen LogP contribution in [0.3, 0.4) is 0 Å². The van der Waals surface area contributed by atoms with E-state index >= 15 is 0 Å². The molecule has 6 nitrogen and oxygen atoms in total. The summed E-state index contributed by atoms with van der Waals surface area (Å²) < 4.78 is 9.09. The summed E-state index contributed by atoms with van der Waals surface area (Å²) in [6, 6.07) is 24.1. The van der Waals surface area contributed by atoms with E-state index in [1.54, 1.807) is 16.0 Å². The van der Waals surface area contributed by atoms with E-state index in [1.807, 2.05) is 66.9 Å². The van der Waals surface area contributed by atoms with Crippen molar-refractivity contribution in [2.75, 3.05) is 5.32 Å². The second-order valence-electron chi connectivity index (χ2n) is 8.38. The zero-order valence-electron chi connectivity index (χ0n) is 18.6. The van der Waals surface area contributed by atoms with Crippen LogP contribution in [0.25, 0.3) is 15.3 Å². The van der Waals surface area contributed by atoms with Crippen LogP contribution in [0.1, 0.15) is 34.6 Å². The van der Waals surface area contributed by atoms with E-state index in [-0.39, 0.29) is 11.8 Å². The number of ether oxygens (including phenoxy) is 1. The highest BCUT2D eigenvalue weighted by molar-refractivity contribution is 7.20. The standard InChI is InChI=1S/C27H22N4O2S/c1-17-8-2-3-9-18(17)16-33-23-12-6-4-10-19(23)20-14-25(32)30-26-21(20)15-28-31(26)27-29-22-11-5-7-13-24(22)34-27/h2-13,15,20H,14,16H2,1H3,(H,30,32). The quantitative estimate of drug-likeness (QED) is 0.353. The van der Waals surface area contributed by atoms with Gasteiger partial charge in [-0.3, -0.25) is 4.79 Å². The van der Waals surface area contributed by atoms with Gasteiger partial charge in [-0.2, -0.15) is 9.78 Å². The number of fused-ring (bicyclic) bond motifs is 2. The van der Waals surface area contributed by atoms with Gasteiger partial charge in [0.2, 0.25) is 11.0 Å². The van der Waals surface area contributed by atoms with Crippen LogP contribution in [0.4, 0.5) is 5.82 Å². The Balaban J connectivity index is 1.37. The number of para-hydroxylation sites is 2. The van der Waals surface area contributed by atoms with Crippen molar-refractivity contribution in [1.82, 2.24) is 14.8 Å². The summed E-state index contributed by atoms with van der Waals surface area (Å²) in [6.07, 6.45) is 2.17. The number of amides is 1. The first-order valence-corrected chi connectivity index (χ1v) is 12.0. The van der Waals surface area contributed by atoms with E-state index in [0.717, 1.165) is 37.8 Å². The zero-order chi connectivity index (χ0) is 23.1. The lowest BCUT2D eigenvalue weighted by Crippen LogP contribution is -2.24. The topological polar surface area (TPSA) is 69.0 Å². The molecule has 34 heavy (non-hydrogen) atoms. The Labute approximate surface area is 200 Å². The molecule has 0 radical (unpaired) electrons. The highest BCUT2D eigenvalue weighted by Gasteiger charge is 2.32. The Morgan fingerprint density at radius 1 is 1.03 bits per heavy atom. The number of rotatable bonds is 5. The predicted octanol–water partition coefficient (Wildman–Crippen LogP) is 5.84. The molecule has 1 unspecified atom stereocenters. The molecule has 0 saturated carbocycles. The molecule has 0 bridgehead atoms. The van der Waals surface area contributed by atoms with Crippen molar-refractivity contribution in [3.63, 3.8) is 0 Å². The largest absolute Gasteiger partial charge is 0.489 e. The van der Waals surface area contributed by atoms with Crippen LogP contribution in [0.2, 0.25) is 0 Å². The molecule has 5 aromatic rings. The summed E-state index contributed by atoms with van der Waals surface area (Å²) in [4.78, 5) is 17.5.